The molecule has 3 aromatic rings. The third-order valence-electron chi connectivity index (χ3n) is 2.85. The Kier molecular flexibility index (Phi) is 3.05. The van der Waals surface area contributed by atoms with E-state index in [4.69, 9.17) is 5.11 Å². The van der Waals surface area contributed by atoms with Crippen LogP contribution < -0.4 is 0 Å². The van der Waals surface area contributed by atoms with E-state index in [1.165, 1.54) is 24.3 Å². The highest BCUT2D eigenvalue weighted by Gasteiger charge is 2.12. The van der Waals surface area contributed by atoms with E-state index in [0.717, 1.165) is 6.20 Å². The maximum Gasteiger partial charge on any atom is 0.354 e. The Bertz CT molecular complexity index is 815. The number of halogens is 2. The highest BCUT2D eigenvalue weighted by atomic mass is 19.3. The molecule has 8 heteroatoms. The lowest BCUT2D eigenvalue weighted by atomic mass is 10.2. The van der Waals surface area contributed by atoms with Crippen LogP contribution in [0.1, 0.15) is 22.5 Å². The van der Waals surface area contributed by atoms with E-state index in [1.54, 1.807) is 0 Å². The summed E-state index contributed by atoms with van der Waals surface area (Å²) < 4.78 is 24.9. The topological polar surface area (TPSA) is 91.8 Å². The molecule has 0 amide bonds. The summed E-state index contributed by atoms with van der Waals surface area (Å²) in [5.74, 6) is -0.818. The molecule has 0 aliphatic heterocycles. The van der Waals surface area contributed by atoms with E-state index in [-0.39, 0.29) is 16.9 Å². The van der Waals surface area contributed by atoms with Gasteiger partial charge in [0, 0.05) is 11.8 Å². The first-order valence-electron chi connectivity index (χ1n) is 5.89. The number of carbonyl (C=O) groups is 1. The van der Waals surface area contributed by atoms with Crippen LogP contribution in [0.5, 0.6) is 0 Å². The molecule has 0 aromatic carbocycles. The SMILES string of the molecule is O=C(O)c1ccc2[nH]c(-c3ccc(C(F)F)cn3)nc2n1. The highest BCUT2D eigenvalue weighted by Crippen LogP contribution is 2.22. The molecule has 0 unspecified atom stereocenters. The smallest absolute Gasteiger partial charge is 0.354 e. The summed E-state index contributed by atoms with van der Waals surface area (Å²) >= 11 is 0. The minimum Gasteiger partial charge on any atom is -0.477 e. The van der Waals surface area contributed by atoms with E-state index >= 15 is 0 Å². The van der Waals surface area contributed by atoms with Gasteiger partial charge in [0.15, 0.2) is 17.2 Å². The number of fused-ring (bicyclic) bond motifs is 1. The molecular formula is C13H8F2N4O2. The van der Waals surface area contributed by atoms with Crippen molar-refractivity contribution >= 4 is 17.1 Å². The van der Waals surface area contributed by atoms with Crippen LogP contribution >= 0.6 is 0 Å². The molecule has 0 fully saturated rings. The molecule has 0 radical (unpaired) electrons. The summed E-state index contributed by atoms with van der Waals surface area (Å²) in [7, 11) is 0. The number of aromatic amines is 1. The van der Waals surface area contributed by atoms with Gasteiger partial charge in [-0.3, -0.25) is 4.98 Å². The molecular weight excluding hydrogens is 282 g/mol. The average molecular weight is 290 g/mol. The minimum atomic E-state index is -2.58. The van der Waals surface area contributed by atoms with Gasteiger partial charge in [-0.15, -0.1) is 0 Å². The van der Waals surface area contributed by atoms with Crippen molar-refractivity contribution in [1.29, 1.82) is 0 Å². The number of aromatic nitrogens is 4. The normalized spacial score (nSPS) is 11.2. The first-order chi connectivity index (χ1) is 10.0. The Morgan fingerprint density at radius 2 is 2.00 bits per heavy atom. The zero-order valence-electron chi connectivity index (χ0n) is 10.4. The van der Waals surface area contributed by atoms with Crippen LogP contribution in [0.25, 0.3) is 22.7 Å². The van der Waals surface area contributed by atoms with Crippen molar-refractivity contribution in [2.75, 3.05) is 0 Å². The Morgan fingerprint density at radius 1 is 1.19 bits per heavy atom. The molecule has 0 spiro atoms. The van der Waals surface area contributed by atoms with E-state index in [1.807, 2.05) is 0 Å². The Hall–Kier alpha value is -2.90. The molecule has 3 rings (SSSR count). The third kappa shape index (κ3) is 2.42. The fraction of sp³-hybridized carbons (Fsp3) is 0.0769. The number of carboxylic acids is 1. The van der Waals surface area contributed by atoms with Crippen LogP contribution in [0.3, 0.4) is 0 Å². The number of hydrogen-bond donors (Lipinski definition) is 2. The van der Waals surface area contributed by atoms with Crippen molar-refractivity contribution in [2.24, 2.45) is 0 Å². The quantitative estimate of drug-likeness (QED) is 0.773. The number of nitrogens with zero attached hydrogens (tertiary/aromatic N) is 3. The van der Waals surface area contributed by atoms with Gasteiger partial charge in [0.1, 0.15) is 5.69 Å². The predicted molar refractivity (Wildman–Crippen MR) is 69.0 cm³/mol. The van der Waals surface area contributed by atoms with Crippen LogP contribution in [0.2, 0.25) is 0 Å². The van der Waals surface area contributed by atoms with Crippen LogP contribution in [0.4, 0.5) is 8.78 Å². The molecule has 0 aliphatic rings. The fourth-order valence-electron chi connectivity index (χ4n) is 1.81. The van der Waals surface area contributed by atoms with Crippen molar-refractivity contribution in [3.05, 3.63) is 41.7 Å². The molecule has 0 saturated carbocycles. The van der Waals surface area contributed by atoms with E-state index in [9.17, 15) is 13.6 Å². The van der Waals surface area contributed by atoms with Gasteiger partial charge in [-0.05, 0) is 24.3 Å². The van der Waals surface area contributed by atoms with Gasteiger partial charge in [0.05, 0.1) is 5.52 Å². The number of H-pyrrole nitrogens is 1. The second kappa shape index (κ2) is 4.89. The van der Waals surface area contributed by atoms with E-state index in [0.29, 0.717) is 17.0 Å². The van der Waals surface area contributed by atoms with Gasteiger partial charge in [-0.2, -0.15) is 0 Å². The largest absolute Gasteiger partial charge is 0.477 e. The summed E-state index contributed by atoms with van der Waals surface area (Å²) in [5.41, 5.74) is 0.830. The van der Waals surface area contributed by atoms with Crippen molar-refractivity contribution in [3.63, 3.8) is 0 Å². The van der Waals surface area contributed by atoms with Crippen molar-refractivity contribution in [1.82, 2.24) is 19.9 Å². The van der Waals surface area contributed by atoms with Gasteiger partial charge in [0.2, 0.25) is 0 Å². The molecule has 0 atom stereocenters. The lowest BCUT2D eigenvalue weighted by Gasteiger charge is -1.99. The molecule has 106 valence electrons. The number of rotatable bonds is 3. The highest BCUT2D eigenvalue weighted by molar-refractivity contribution is 5.88. The molecule has 6 nitrogen and oxygen atoms in total. The number of pyridine rings is 2. The summed E-state index contributed by atoms with van der Waals surface area (Å²) in [5, 5.41) is 8.87. The predicted octanol–water partition coefficient (Wildman–Crippen LogP) is 2.66. The summed E-state index contributed by atoms with van der Waals surface area (Å²) in [6.45, 7) is 0. The number of nitrogens with one attached hydrogen (secondary N) is 1. The van der Waals surface area contributed by atoms with Crippen LogP contribution in [0, 0.1) is 0 Å². The Morgan fingerprint density at radius 3 is 2.62 bits per heavy atom. The number of alkyl halides is 2. The van der Waals surface area contributed by atoms with Crippen LogP contribution in [0.15, 0.2) is 30.5 Å². The molecule has 0 saturated heterocycles. The van der Waals surface area contributed by atoms with Gasteiger partial charge in [0.25, 0.3) is 6.43 Å². The van der Waals surface area contributed by atoms with E-state index in [2.05, 4.69) is 19.9 Å². The van der Waals surface area contributed by atoms with Gasteiger partial charge in [-0.1, -0.05) is 0 Å². The monoisotopic (exact) mass is 290 g/mol. The minimum absolute atomic E-state index is 0.124. The first-order valence-corrected chi connectivity index (χ1v) is 5.89. The summed E-state index contributed by atoms with van der Waals surface area (Å²) in [6, 6.07) is 5.56. The van der Waals surface area contributed by atoms with Crippen molar-refractivity contribution in [3.8, 4) is 11.5 Å². The Labute approximate surface area is 116 Å². The zero-order chi connectivity index (χ0) is 15.0. The number of aromatic carboxylic acids is 1. The zero-order valence-corrected chi connectivity index (χ0v) is 10.4. The molecule has 3 aromatic heterocycles. The molecule has 0 bridgehead atoms. The number of carboxylic acid groups (broad SMARTS) is 1. The molecule has 2 N–H and O–H groups in total. The van der Waals surface area contributed by atoms with Crippen LogP contribution in [-0.2, 0) is 0 Å². The average Bonchev–Trinajstić information content (AvgIpc) is 2.90. The van der Waals surface area contributed by atoms with Crippen molar-refractivity contribution < 1.29 is 18.7 Å². The second-order valence-corrected chi connectivity index (χ2v) is 4.24. The van der Waals surface area contributed by atoms with Crippen LogP contribution in [-0.4, -0.2) is 31.0 Å². The fourth-order valence-corrected chi connectivity index (χ4v) is 1.81. The third-order valence-corrected chi connectivity index (χ3v) is 2.85. The second-order valence-electron chi connectivity index (χ2n) is 4.24. The van der Waals surface area contributed by atoms with Gasteiger partial charge < -0.3 is 10.1 Å². The Balaban J connectivity index is 2.02. The number of imidazole rings is 1. The van der Waals surface area contributed by atoms with Gasteiger partial charge in [-0.25, -0.2) is 23.5 Å². The maximum absolute atomic E-state index is 12.5. The summed E-state index contributed by atoms with van der Waals surface area (Å²) in [4.78, 5) is 25.7. The standard InChI is InChI=1S/C13H8F2N4O2/c14-10(15)6-1-2-7(16-5-6)11-17-8-3-4-9(13(20)21)18-12(8)19-11/h1-5,10H,(H,20,21)(H,17,18,19). The first kappa shape index (κ1) is 13.1. The van der Waals surface area contributed by atoms with Crippen molar-refractivity contribution in [2.45, 2.75) is 6.43 Å². The summed E-state index contributed by atoms with van der Waals surface area (Å²) in [6.07, 6.45) is -1.51. The molecule has 0 aliphatic carbocycles. The van der Waals surface area contributed by atoms with E-state index < -0.39 is 12.4 Å². The van der Waals surface area contributed by atoms with Gasteiger partial charge >= 0.3 is 5.97 Å². The molecule has 3 heterocycles. The lowest BCUT2D eigenvalue weighted by Crippen LogP contribution is -1.99. The molecule has 21 heavy (non-hydrogen) atoms. The maximum atomic E-state index is 12.5. The lowest BCUT2D eigenvalue weighted by molar-refractivity contribution is 0.0691. The number of hydrogen-bond acceptors (Lipinski definition) is 4.